The van der Waals surface area contributed by atoms with Crippen LogP contribution in [0.1, 0.15) is 71.6 Å². The molecule has 0 saturated carbocycles. The molecule has 0 aromatic carbocycles. The van der Waals surface area contributed by atoms with Crippen LogP contribution in [-0.2, 0) is 10.1 Å². The molecule has 0 bridgehead atoms. The average Bonchev–Trinajstić information content (AvgIpc) is 2.27. The van der Waals surface area contributed by atoms with Gasteiger partial charge in [-0.15, -0.1) is 0 Å². The van der Waals surface area contributed by atoms with Gasteiger partial charge in [0, 0.05) is 0 Å². The maximum absolute atomic E-state index is 9.79. The van der Waals surface area contributed by atoms with Crippen molar-refractivity contribution in [3.63, 3.8) is 0 Å². The molecule has 0 aliphatic heterocycles. The van der Waals surface area contributed by atoms with Crippen molar-refractivity contribution >= 4 is 10.1 Å². The van der Waals surface area contributed by atoms with Gasteiger partial charge in [-0.3, -0.25) is 4.55 Å². The molecule has 0 fully saturated rings. The summed E-state index contributed by atoms with van der Waals surface area (Å²) in [6, 6.07) is 0. The van der Waals surface area contributed by atoms with Gasteiger partial charge >= 0.3 is 0 Å². The van der Waals surface area contributed by atoms with Crippen molar-refractivity contribution in [1.29, 1.82) is 0 Å². The zero-order valence-corrected chi connectivity index (χ0v) is 12.8. The molecule has 0 amide bonds. The molecule has 18 heavy (non-hydrogen) atoms. The van der Waals surface area contributed by atoms with E-state index in [-0.39, 0.29) is 5.75 Å². The van der Waals surface area contributed by atoms with Gasteiger partial charge in [0.2, 0.25) is 0 Å². The Kier molecular flexibility index (Phi) is 16.7. The summed E-state index contributed by atoms with van der Waals surface area (Å²) < 4.78 is 27.6. The number of nitrogens with two attached hydrogens (primary N) is 1. The molecule has 4 nitrogen and oxygen atoms in total. The second-order valence-electron chi connectivity index (χ2n) is 4.55. The molecule has 0 rings (SSSR count). The molecule has 0 aliphatic rings. The zero-order valence-electron chi connectivity index (χ0n) is 12.0. The van der Waals surface area contributed by atoms with E-state index in [4.69, 9.17) is 10.3 Å². The molecule has 0 unspecified atom stereocenters. The number of rotatable bonds is 10. The lowest BCUT2D eigenvalue weighted by Crippen LogP contribution is -2.01. The van der Waals surface area contributed by atoms with Crippen molar-refractivity contribution in [2.75, 3.05) is 12.3 Å². The van der Waals surface area contributed by atoms with Crippen LogP contribution in [0.15, 0.2) is 0 Å². The van der Waals surface area contributed by atoms with Gasteiger partial charge in [0.25, 0.3) is 10.1 Å². The third-order valence-corrected chi connectivity index (χ3v) is 3.44. The van der Waals surface area contributed by atoms with E-state index in [1.807, 2.05) is 0 Å². The molecule has 0 aromatic rings. The Labute approximate surface area is 113 Å². The van der Waals surface area contributed by atoms with Crippen LogP contribution in [0.2, 0.25) is 0 Å². The van der Waals surface area contributed by atoms with E-state index >= 15 is 0 Å². The molecule has 0 heterocycles. The minimum atomic E-state index is -3.67. The third-order valence-electron chi connectivity index (χ3n) is 2.52. The summed E-state index contributed by atoms with van der Waals surface area (Å²) in [5.41, 5.74) is 5.39. The molecule has 0 radical (unpaired) electrons. The molecule has 0 atom stereocenters. The second kappa shape index (κ2) is 14.9. The highest BCUT2D eigenvalue weighted by Gasteiger charge is 1.98. The highest BCUT2D eigenvalue weighted by atomic mass is 32.2. The first-order valence-corrected chi connectivity index (χ1v) is 8.74. The fraction of sp³-hybridized carbons (Fsp3) is 1.00. The second-order valence-corrected chi connectivity index (χ2v) is 6.12. The predicted molar refractivity (Wildman–Crippen MR) is 78.4 cm³/mol. The first kappa shape index (κ1) is 20.2. The maximum atomic E-state index is 9.79. The van der Waals surface area contributed by atoms with Gasteiger partial charge in [0.1, 0.15) is 0 Å². The van der Waals surface area contributed by atoms with Crippen molar-refractivity contribution in [1.82, 2.24) is 0 Å². The van der Waals surface area contributed by atoms with Gasteiger partial charge in [-0.1, -0.05) is 58.8 Å². The quantitative estimate of drug-likeness (QED) is 0.475. The summed E-state index contributed by atoms with van der Waals surface area (Å²) in [6.45, 7) is 4.82. The fourth-order valence-electron chi connectivity index (χ4n) is 1.54. The smallest absolute Gasteiger partial charge is 0.264 e. The molecule has 0 aromatic heterocycles. The van der Waals surface area contributed by atoms with E-state index in [2.05, 4.69) is 6.92 Å². The number of hydrogen-bond acceptors (Lipinski definition) is 3. The van der Waals surface area contributed by atoms with E-state index in [1.165, 1.54) is 51.4 Å². The van der Waals surface area contributed by atoms with Crippen LogP contribution in [0.4, 0.5) is 0 Å². The summed E-state index contributed by atoms with van der Waals surface area (Å²) in [4.78, 5) is 0. The van der Waals surface area contributed by atoms with Crippen LogP contribution in [0, 0.1) is 0 Å². The number of hydrogen-bond donors (Lipinski definition) is 2. The predicted octanol–water partition coefficient (Wildman–Crippen LogP) is 3.37. The highest BCUT2D eigenvalue weighted by molar-refractivity contribution is 7.85. The van der Waals surface area contributed by atoms with Crippen LogP contribution in [0.5, 0.6) is 0 Å². The minimum Gasteiger partial charge on any atom is -0.330 e. The zero-order chi connectivity index (χ0) is 14.3. The fourth-order valence-corrected chi connectivity index (χ4v) is 2.05. The van der Waals surface area contributed by atoms with E-state index in [9.17, 15) is 8.42 Å². The monoisotopic (exact) mass is 281 g/mol. The van der Waals surface area contributed by atoms with Crippen molar-refractivity contribution in [3.8, 4) is 0 Å². The Bertz CT molecular complexity index is 233. The topological polar surface area (TPSA) is 80.4 Å². The molecular formula is C13H31NO3S. The standard InChI is InChI=1S/C10H23N.C3H8O3S/c1-2-3-4-5-6-7-8-9-10-11;1-2-3-7(4,5)6/h2-11H2,1H3;2-3H2,1H3,(H,4,5,6). The van der Waals surface area contributed by atoms with Gasteiger partial charge in [-0.05, 0) is 19.4 Å². The summed E-state index contributed by atoms with van der Waals surface area (Å²) >= 11 is 0. The van der Waals surface area contributed by atoms with Crippen LogP contribution in [0.25, 0.3) is 0 Å². The molecule has 112 valence electrons. The Morgan fingerprint density at radius 1 is 0.833 bits per heavy atom. The lowest BCUT2D eigenvalue weighted by molar-refractivity contribution is 0.482. The molecule has 0 spiro atoms. The first-order valence-electron chi connectivity index (χ1n) is 7.13. The van der Waals surface area contributed by atoms with Gasteiger partial charge in [0.05, 0.1) is 5.75 Å². The normalized spacial score (nSPS) is 10.9. The molecular weight excluding hydrogens is 250 g/mol. The average molecular weight is 281 g/mol. The summed E-state index contributed by atoms with van der Waals surface area (Å²) in [5.74, 6) is -0.132. The Hall–Kier alpha value is -0.130. The Morgan fingerprint density at radius 2 is 1.28 bits per heavy atom. The van der Waals surface area contributed by atoms with Crippen molar-refractivity contribution in [3.05, 3.63) is 0 Å². The van der Waals surface area contributed by atoms with E-state index in [0.717, 1.165) is 6.54 Å². The summed E-state index contributed by atoms with van der Waals surface area (Å²) in [6.07, 6.45) is 11.5. The molecule has 3 N–H and O–H groups in total. The van der Waals surface area contributed by atoms with E-state index in [0.29, 0.717) is 6.42 Å². The Morgan fingerprint density at radius 3 is 1.56 bits per heavy atom. The van der Waals surface area contributed by atoms with Gasteiger partial charge in [-0.25, -0.2) is 0 Å². The highest BCUT2D eigenvalue weighted by Crippen LogP contribution is 2.07. The van der Waals surface area contributed by atoms with Gasteiger partial charge in [-0.2, -0.15) is 8.42 Å². The van der Waals surface area contributed by atoms with Crippen LogP contribution < -0.4 is 5.73 Å². The summed E-state index contributed by atoms with van der Waals surface area (Å²) in [5, 5.41) is 0. The molecule has 0 saturated heterocycles. The van der Waals surface area contributed by atoms with E-state index in [1.54, 1.807) is 6.92 Å². The van der Waals surface area contributed by atoms with Crippen LogP contribution >= 0.6 is 0 Å². The first-order chi connectivity index (χ1) is 8.47. The van der Waals surface area contributed by atoms with Crippen LogP contribution in [0.3, 0.4) is 0 Å². The van der Waals surface area contributed by atoms with Gasteiger partial charge < -0.3 is 5.73 Å². The van der Waals surface area contributed by atoms with Crippen molar-refractivity contribution in [2.24, 2.45) is 5.73 Å². The lowest BCUT2D eigenvalue weighted by Gasteiger charge is -1.99. The SMILES string of the molecule is CCCCCCCCCCN.CCCS(=O)(=O)O. The largest absolute Gasteiger partial charge is 0.330 e. The summed E-state index contributed by atoms with van der Waals surface area (Å²) in [7, 11) is -3.67. The van der Waals surface area contributed by atoms with Crippen molar-refractivity contribution in [2.45, 2.75) is 71.6 Å². The van der Waals surface area contributed by atoms with Gasteiger partial charge in [0.15, 0.2) is 0 Å². The third kappa shape index (κ3) is 24.9. The minimum absolute atomic E-state index is 0.132. The maximum Gasteiger partial charge on any atom is 0.264 e. The van der Waals surface area contributed by atoms with E-state index < -0.39 is 10.1 Å². The van der Waals surface area contributed by atoms with Crippen molar-refractivity contribution < 1.29 is 13.0 Å². The molecule has 5 heteroatoms. The lowest BCUT2D eigenvalue weighted by atomic mass is 10.1. The molecule has 0 aliphatic carbocycles. The number of unbranched alkanes of at least 4 members (excludes halogenated alkanes) is 7. The Balaban J connectivity index is 0. The van der Waals surface area contributed by atoms with Crippen LogP contribution in [-0.4, -0.2) is 25.3 Å².